The second-order valence-corrected chi connectivity index (χ2v) is 9.41. The third-order valence-corrected chi connectivity index (χ3v) is 6.25. The van der Waals surface area contributed by atoms with Gasteiger partial charge in [-0.25, -0.2) is 9.37 Å². The zero-order valence-corrected chi connectivity index (χ0v) is 19.5. The monoisotopic (exact) mass is 486 g/mol. The minimum absolute atomic E-state index is 0.297. The molecule has 1 saturated heterocycles. The molecule has 7 nitrogen and oxygen atoms in total. The van der Waals surface area contributed by atoms with E-state index < -0.39 is 11.9 Å². The minimum atomic E-state index is -0.415. The van der Waals surface area contributed by atoms with Crippen LogP contribution in [0.4, 0.5) is 10.2 Å². The quantitative estimate of drug-likeness (QED) is 0.405. The molecule has 4 aromatic rings. The van der Waals surface area contributed by atoms with Gasteiger partial charge in [0.2, 0.25) is 0 Å². The first kappa shape index (κ1) is 21.9. The molecule has 1 unspecified atom stereocenters. The van der Waals surface area contributed by atoms with Crippen molar-refractivity contribution in [3.8, 4) is 17.0 Å². The fraction of sp³-hybridized carbons (Fsp3) is 0.261. The number of anilines is 1. The van der Waals surface area contributed by atoms with Gasteiger partial charge in [0.1, 0.15) is 17.5 Å². The summed E-state index contributed by atoms with van der Waals surface area (Å²) in [4.78, 5) is 10.1. The van der Waals surface area contributed by atoms with Crippen molar-refractivity contribution < 1.29 is 9.13 Å². The Bertz CT molecular complexity index is 1330. The lowest BCUT2D eigenvalue weighted by atomic mass is 9.94. The van der Waals surface area contributed by atoms with Gasteiger partial charge < -0.3 is 15.4 Å². The average Bonchev–Trinajstić information content (AvgIpc) is 3.15. The lowest BCUT2D eigenvalue weighted by Gasteiger charge is -2.46. The van der Waals surface area contributed by atoms with Gasteiger partial charge in [-0.3, -0.25) is 10.1 Å². The highest BCUT2D eigenvalue weighted by Crippen LogP contribution is 2.35. The molecule has 1 fully saturated rings. The predicted octanol–water partition coefficient (Wildman–Crippen LogP) is 5.14. The zero-order chi connectivity index (χ0) is 23.3. The van der Waals surface area contributed by atoms with E-state index in [9.17, 15) is 4.39 Å². The molecule has 0 bridgehead atoms. The van der Waals surface area contributed by atoms with Crippen LogP contribution < -0.4 is 15.4 Å². The number of halogens is 3. The summed E-state index contributed by atoms with van der Waals surface area (Å²) in [5.41, 5.74) is 8.30. The van der Waals surface area contributed by atoms with Crippen LogP contribution in [0.1, 0.15) is 25.5 Å². The highest BCUT2D eigenvalue weighted by Gasteiger charge is 2.37. The van der Waals surface area contributed by atoms with Gasteiger partial charge in [-0.2, -0.15) is 5.10 Å². The number of benzene rings is 1. The van der Waals surface area contributed by atoms with Crippen LogP contribution in [0, 0.1) is 5.82 Å². The fourth-order valence-electron chi connectivity index (χ4n) is 4.13. The molecule has 4 heterocycles. The van der Waals surface area contributed by atoms with E-state index >= 15 is 0 Å². The third kappa shape index (κ3) is 4.10. The number of aromatic nitrogens is 4. The molecule has 3 N–H and O–H groups in total. The van der Waals surface area contributed by atoms with Crippen LogP contribution in [0.15, 0.2) is 42.9 Å². The molecule has 0 spiro atoms. The van der Waals surface area contributed by atoms with Crippen LogP contribution in [0.3, 0.4) is 0 Å². The molecule has 1 aliphatic rings. The molecule has 0 radical (unpaired) electrons. The van der Waals surface area contributed by atoms with E-state index in [0.717, 1.165) is 10.9 Å². The Kier molecular flexibility index (Phi) is 5.39. The average molecular weight is 487 g/mol. The van der Waals surface area contributed by atoms with E-state index in [4.69, 9.17) is 33.7 Å². The van der Waals surface area contributed by atoms with Crippen LogP contribution in [-0.2, 0) is 0 Å². The molecule has 170 valence electrons. The van der Waals surface area contributed by atoms with Crippen molar-refractivity contribution in [2.24, 2.45) is 5.73 Å². The van der Waals surface area contributed by atoms with Gasteiger partial charge in [-0.05, 0) is 38.1 Å². The molecular formula is C23H21Cl2FN6O. The van der Waals surface area contributed by atoms with Crippen molar-refractivity contribution in [2.45, 2.75) is 25.5 Å². The van der Waals surface area contributed by atoms with Gasteiger partial charge >= 0.3 is 0 Å². The van der Waals surface area contributed by atoms with Gasteiger partial charge in [0.15, 0.2) is 11.6 Å². The number of ether oxygens (including phenoxy) is 1. The van der Waals surface area contributed by atoms with Crippen molar-refractivity contribution in [1.82, 2.24) is 20.2 Å². The number of nitrogens with one attached hydrogen (secondary N) is 1. The SMILES string of the molecule is CC(Oc1ccc2[nH]nc(-c3cnc(N4CC(C)(N)C4)c(F)c3)c2c1)c1c(Cl)cncc1Cl. The van der Waals surface area contributed by atoms with E-state index in [-0.39, 0.29) is 5.54 Å². The van der Waals surface area contributed by atoms with Crippen LogP contribution in [0.25, 0.3) is 22.2 Å². The van der Waals surface area contributed by atoms with E-state index in [1.54, 1.807) is 6.20 Å². The maximum absolute atomic E-state index is 14.8. The van der Waals surface area contributed by atoms with Crippen molar-refractivity contribution in [2.75, 3.05) is 18.0 Å². The normalized spacial score (nSPS) is 16.0. The lowest BCUT2D eigenvalue weighted by Crippen LogP contribution is -2.66. The van der Waals surface area contributed by atoms with Gasteiger partial charge in [-0.1, -0.05) is 23.2 Å². The van der Waals surface area contributed by atoms with Crippen molar-refractivity contribution in [1.29, 1.82) is 0 Å². The first-order valence-corrected chi connectivity index (χ1v) is 11.1. The summed E-state index contributed by atoms with van der Waals surface area (Å²) in [5.74, 6) is 0.474. The summed E-state index contributed by atoms with van der Waals surface area (Å²) in [6.07, 6.45) is 4.26. The predicted molar refractivity (Wildman–Crippen MR) is 127 cm³/mol. The molecular weight excluding hydrogens is 466 g/mol. The van der Waals surface area contributed by atoms with Crippen molar-refractivity contribution in [3.63, 3.8) is 0 Å². The lowest BCUT2D eigenvalue weighted by molar-refractivity contribution is 0.227. The third-order valence-electron chi connectivity index (χ3n) is 5.64. The maximum atomic E-state index is 14.8. The number of pyridine rings is 2. The number of hydrogen-bond donors (Lipinski definition) is 2. The maximum Gasteiger partial charge on any atom is 0.166 e. The van der Waals surface area contributed by atoms with Crippen molar-refractivity contribution >= 4 is 39.9 Å². The highest BCUT2D eigenvalue weighted by molar-refractivity contribution is 6.35. The Labute approximate surface area is 199 Å². The first-order valence-electron chi connectivity index (χ1n) is 10.4. The van der Waals surface area contributed by atoms with Gasteiger partial charge in [-0.15, -0.1) is 0 Å². The second-order valence-electron chi connectivity index (χ2n) is 8.60. The molecule has 10 heteroatoms. The van der Waals surface area contributed by atoms with Crippen LogP contribution >= 0.6 is 23.2 Å². The summed E-state index contributed by atoms with van der Waals surface area (Å²) in [6.45, 7) is 4.91. The van der Waals surface area contributed by atoms with Crippen LogP contribution in [0.2, 0.25) is 10.0 Å². The highest BCUT2D eigenvalue weighted by atomic mass is 35.5. The summed E-state index contributed by atoms with van der Waals surface area (Å²) in [5, 5.41) is 8.98. The van der Waals surface area contributed by atoms with Crippen LogP contribution in [-0.4, -0.2) is 38.8 Å². The largest absolute Gasteiger partial charge is 0.486 e. The van der Waals surface area contributed by atoms with E-state index in [2.05, 4.69) is 20.2 Å². The topological polar surface area (TPSA) is 93.0 Å². The minimum Gasteiger partial charge on any atom is -0.486 e. The number of aromatic amines is 1. The summed E-state index contributed by atoms with van der Waals surface area (Å²) >= 11 is 12.5. The Morgan fingerprint density at radius 1 is 1.18 bits per heavy atom. The fourth-order valence-corrected chi connectivity index (χ4v) is 4.80. The molecule has 3 aromatic heterocycles. The van der Waals surface area contributed by atoms with Crippen molar-refractivity contribution in [3.05, 3.63) is 64.3 Å². The zero-order valence-electron chi connectivity index (χ0n) is 17.9. The number of nitrogens with zero attached hydrogens (tertiary/aromatic N) is 4. The molecule has 5 rings (SSSR count). The van der Waals surface area contributed by atoms with Gasteiger partial charge in [0.25, 0.3) is 0 Å². The number of hydrogen-bond acceptors (Lipinski definition) is 6. The van der Waals surface area contributed by atoms with E-state index in [1.165, 1.54) is 18.5 Å². The molecule has 0 aliphatic carbocycles. The Morgan fingerprint density at radius 3 is 2.58 bits per heavy atom. The number of H-pyrrole nitrogens is 1. The Morgan fingerprint density at radius 2 is 1.91 bits per heavy atom. The number of rotatable bonds is 5. The van der Waals surface area contributed by atoms with E-state index in [1.807, 2.05) is 36.9 Å². The van der Waals surface area contributed by atoms with E-state index in [0.29, 0.717) is 51.5 Å². The molecule has 1 aromatic carbocycles. The van der Waals surface area contributed by atoms with Gasteiger partial charge in [0, 0.05) is 53.7 Å². The first-order chi connectivity index (χ1) is 15.7. The second kappa shape index (κ2) is 8.13. The molecule has 0 amide bonds. The Hall–Kier alpha value is -2.94. The molecule has 1 aliphatic heterocycles. The molecule has 0 saturated carbocycles. The standard InChI is InChI=1S/C23H21Cl2FN6O/c1-12(20-16(24)8-28-9-17(20)25)33-14-3-4-19-15(6-14)21(31-30-19)13-5-18(26)22(29-7-13)32-10-23(2,27)11-32/h3-9,12H,10-11,27H2,1-2H3,(H,30,31). The number of fused-ring (bicyclic) bond motifs is 1. The molecule has 1 atom stereocenters. The van der Waals surface area contributed by atoms with Crippen LogP contribution in [0.5, 0.6) is 5.75 Å². The summed E-state index contributed by atoms with van der Waals surface area (Å²) in [7, 11) is 0. The molecule has 33 heavy (non-hydrogen) atoms. The smallest absolute Gasteiger partial charge is 0.166 e. The Balaban J connectivity index is 1.44. The summed E-state index contributed by atoms with van der Waals surface area (Å²) < 4.78 is 20.9. The summed E-state index contributed by atoms with van der Waals surface area (Å²) in [6, 6.07) is 6.95. The number of nitrogens with two attached hydrogens (primary N) is 1. The van der Waals surface area contributed by atoms with Gasteiger partial charge in [0.05, 0.1) is 15.6 Å².